The van der Waals surface area contributed by atoms with Crippen molar-refractivity contribution in [1.29, 1.82) is 0 Å². The van der Waals surface area contributed by atoms with E-state index < -0.39 is 11.9 Å². The Labute approximate surface area is 159 Å². The van der Waals surface area contributed by atoms with E-state index in [0.717, 1.165) is 37.1 Å². The normalized spacial score (nSPS) is 20.7. The highest BCUT2D eigenvalue weighted by Gasteiger charge is 2.34. The van der Waals surface area contributed by atoms with Gasteiger partial charge >= 0.3 is 6.18 Å². The van der Waals surface area contributed by atoms with Crippen molar-refractivity contribution in [2.24, 2.45) is 0 Å². The molecule has 1 fully saturated rings. The van der Waals surface area contributed by atoms with Crippen LogP contribution in [0.25, 0.3) is 11.5 Å². The molecule has 0 spiro atoms. The Kier molecular flexibility index (Phi) is 5.78. The van der Waals surface area contributed by atoms with Gasteiger partial charge in [-0.15, -0.1) is 0 Å². The number of hydrogen-bond donors (Lipinski definition) is 0. The van der Waals surface area contributed by atoms with Gasteiger partial charge in [-0.05, 0) is 51.3 Å². The van der Waals surface area contributed by atoms with Crippen LogP contribution >= 0.6 is 11.8 Å². The lowest BCUT2D eigenvalue weighted by Crippen LogP contribution is -2.48. The van der Waals surface area contributed by atoms with Crippen molar-refractivity contribution in [2.75, 3.05) is 5.75 Å². The fourth-order valence-electron chi connectivity index (χ4n) is 3.30. The zero-order valence-electron chi connectivity index (χ0n) is 15.0. The molecule has 5 nitrogen and oxygen atoms in total. The number of halogens is 3. The summed E-state index contributed by atoms with van der Waals surface area (Å²) in [6.07, 6.45) is -0.310. The number of carbonyl (C=O) groups is 1. The van der Waals surface area contributed by atoms with Crippen LogP contribution in [0.2, 0.25) is 0 Å². The molecule has 3 heterocycles. The molecule has 0 N–H and O–H groups in total. The summed E-state index contributed by atoms with van der Waals surface area (Å²) >= 11 is 0.913. The largest absolute Gasteiger partial charge is 0.463 e. The van der Waals surface area contributed by atoms with Crippen LogP contribution in [0.5, 0.6) is 0 Å². The number of furan rings is 1. The molecule has 2 aromatic heterocycles. The van der Waals surface area contributed by atoms with Crippen molar-refractivity contribution in [3.8, 4) is 11.5 Å². The molecule has 2 atom stereocenters. The predicted molar refractivity (Wildman–Crippen MR) is 95.1 cm³/mol. The summed E-state index contributed by atoms with van der Waals surface area (Å²) in [6, 6.07) is 4.20. The zero-order valence-corrected chi connectivity index (χ0v) is 15.8. The Bertz CT molecular complexity index is 786. The summed E-state index contributed by atoms with van der Waals surface area (Å²) in [7, 11) is 0. The minimum absolute atomic E-state index is 0.00636. The molecular formula is C18H20F3N3O2S. The van der Waals surface area contributed by atoms with E-state index >= 15 is 0 Å². The molecule has 1 aliphatic rings. The first-order valence-electron chi connectivity index (χ1n) is 8.70. The van der Waals surface area contributed by atoms with Crippen molar-refractivity contribution in [2.45, 2.75) is 56.5 Å². The maximum absolute atomic E-state index is 13.2. The molecule has 0 bridgehead atoms. The summed E-state index contributed by atoms with van der Waals surface area (Å²) in [4.78, 5) is 22.1. The van der Waals surface area contributed by atoms with E-state index in [2.05, 4.69) is 9.97 Å². The molecule has 9 heteroatoms. The monoisotopic (exact) mass is 399 g/mol. The number of hydrogen-bond acceptors (Lipinski definition) is 5. The number of nitrogens with zero attached hydrogens (tertiary/aromatic N) is 3. The molecular weight excluding hydrogens is 379 g/mol. The van der Waals surface area contributed by atoms with Gasteiger partial charge in [-0.25, -0.2) is 9.97 Å². The molecule has 0 aliphatic carbocycles. The molecule has 2 unspecified atom stereocenters. The van der Waals surface area contributed by atoms with Gasteiger partial charge in [-0.2, -0.15) is 13.2 Å². The van der Waals surface area contributed by atoms with Gasteiger partial charge in [0.05, 0.1) is 12.0 Å². The van der Waals surface area contributed by atoms with Crippen LogP contribution in [0.3, 0.4) is 0 Å². The van der Waals surface area contributed by atoms with Crippen LogP contribution in [-0.4, -0.2) is 38.6 Å². The standard InChI is InChI=1S/C18H20F3N3O2S/c1-11-5-3-6-12(2)24(11)16(25)10-27-17-22-13(14-7-4-8-26-14)9-15(23-17)18(19,20)21/h4,7-9,11-12H,3,5-6,10H2,1-2H3. The second-order valence-electron chi connectivity index (χ2n) is 6.61. The topological polar surface area (TPSA) is 59.2 Å². The van der Waals surface area contributed by atoms with E-state index in [-0.39, 0.29) is 40.4 Å². The first-order chi connectivity index (χ1) is 12.8. The van der Waals surface area contributed by atoms with E-state index in [1.807, 2.05) is 18.7 Å². The van der Waals surface area contributed by atoms with Crippen molar-refractivity contribution in [3.63, 3.8) is 0 Å². The van der Waals surface area contributed by atoms with Crippen LogP contribution in [-0.2, 0) is 11.0 Å². The fourth-order valence-corrected chi connectivity index (χ4v) is 4.03. The Morgan fingerprint density at radius 1 is 1.30 bits per heavy atom. The van der Waals surface area contributed by atoms with E-state index in [1.54, 1.807) is 6.07 Å². The fraction of sp³-hybridized carbons (Fsp3) is 0.500. The maximum Gasteiger partial charge on any atom is 0.433 e. The van der Waals surface area contributed by atoms with E-state index in [4.69, 9.17) is 4.42 Å². The van der Waals surface area contributed by atoms with Crippen LogP contribution in [0.1, 0.15) is 38.8 Å². The number of aromatic nitrogens is 2. The van der Waals surface area contributed by atoms with Crippen molar-refractivity contribution in [3.05, 3.63) is 30.2 Å². The highest BCUT2D eigenvalue weighted by molar-refractivity contribution is 7.99. The first-order valence-corrected chi connectivity index (χ1v) is 9.68. The average molecular weight is 399 g/mol. The number of thioether (sulfide) groups is 1. The lowest BCUT2D eigenvalue weighted by atomic mass is 9.98. The lowest BCUT2D eigenvalue weighted by molar-refractivity contribution is -0.141. The molecule has 1 saturated heterocycles. The summed E-state index contributed by atoms with van der Waals surface area (Å²) in [5.41, 5.74) is -1.02. The van der Waals surface area contributed by atoms with Gasteiger partial charge in [0.2, 0.25) is 5.91 Å². The molecule has 146 valence electrons. The molecule has 0 saturated carbocycles. The Balaban J connectivity index is 1.79. The third-order valence-electron chi connectivity index (χ3n) is 4.58. The van der Waals surface area contributed by atoms with Gasteiger partial charge in [0.25, 0.3) is 0 Å². The maximum atomic E-state index is 13.2. The highest BCUT2D eigenvalue weighted by atomic mass is 32.2. The van der Waals surface area contributed by atoms with Gasteiger partial charge < -0.3 is 9.32 Å². The second kappa shape index (κ2) is 7.92. The lowest BCUT2D eigenvalue weighted by Gasteiger charge is -2.39. The molecule has 27 heavy (non-hydrogen) atoms. The number of piperidine rings is 1. The van der Waals surface area contributed by atoms with E-state index in [1.165, 1.54) is 12.3 Å². The smallest absolute Gasteiger partial charge is 0.433 e. The van der Waals surface area contributed by atoms with Crippen LogP contribution in [0.15, 0.2) is 34.0 Å². The Morgan fingerprint density at radius 2 is 2.00 bits per heavy atom. The Morgan fingerprint density at radius 3 is 2.59 bits per heavy atom. The van der Waals surface area contributed by atoms with Crippen LogP contribution < -0.4 is 0 Å². The third kappa shape index (κ3) is 4.63. The third-order valence-corrected chi connectivity index (χ3v) is 5.41. The zero-order chi connectivity index (χ0) is 19.6. The van der Waals surface area contributed by atoms with Gasteiger partial charge in [-0.1, -0.05) is 11.8 Å². The number of rotatable bonds is 4. The molecule has 1 aliphatic heterocycles. The van der Waals surface area contributed by atoms with Crippen LogP contribution in [0.4, 0.5) is 13.2 Å². The molecule has 0 radical (unpaired) electrons. The van der Waals surface area contributed by atoms with E-state index in [0.29, 0.717) is 0 Å². The first kappa shape index (κ1) is 19.7. The number of likely N-dealkylation sites (tertiary alicyclic amines) is 1. The quantitative estimate of drug-likeness (QED) is 0.554. The van der Waals surface area contributed by atoms with Crippen molar-refractivity contribution < 1.29 is 22.4 Å². The molecule has 2 aromatic rings. The van der Waals surface area contributed by atoms with Crippen LogP contribution in [0, 0.1) is 0 Å². The summed E-state index contributed by atoms with van der Waals surface area (Å²) in [6.45, 7) is 3.99. The highest BCUT2D eigenvalue weighted by Crippen LogP contribution is 2.32. The molecule has 1 amide bonds. The van der Waals surface area contributed by atoms with Gasteiger partial charge in [-0.3, -0.25) is 4.79 Å². The van der Waals surface area contributed by atoms with Gasteiger partial charge in [0.15, 0.2) is 10.9 Å². The molecule has 0 aromatic carbocycles. The summed E-state index contributed by atoms with van der Waals surface area (Å²) in [5, 5.41) is -0.0955. The minimum atomic E-state index is -4.61. The molecule has 3 rings (SSSR count). The van der Waals surface area contributed by atoms with Gasteiger partial charge in [0.1, 0.15) is 11.4 Å². The minimum Gasteiger partial charge on any atom is -0.463 e. The Hall–Kier alpha value is -2.03. The van der Waals surface area contributed by atoms with Crippen molar-refractivity contribution in [1.82, 2.24) is 14.9 Å². The van der Waals surface area contributed by atoms with E-state index in [9.17, 15) is 18.0 Å². The average Bonchev–Trinajstić information content (AvgIpc) is 3.13. The predicted octanol–water partition coefficient (Wildman–Crippen LogP) is 4.64. The van der Waals surface area contributed by atoms with Crippen molar-refractivity contribution >= 4 is 17.7 Å². The SMILES string of the molecule is CC1CCCC(C)N1C(=O)CSc1nc(-c2ccco2)cc(C(F)(F)F)n1. The summed E-state index contributed by atoms with van der Waals surface area (Å²) < 4.78 is 44.7. The number of alkyl halides is 3. The second-order valence-corrected chi connectivity index (χ2v) is 7.56. The summed E-state index contributed by atoms with van der Waals surface area (Å²) in [5.74, 6) is 0.0998. The van der Waals surface area contributed by atoms with Gasteiger partial charge in [0, 0.05) is 12.1 Å². The number of amides is 1. The number of carbonyl (C=O) groups excluding carboxylic acids is 1.